The van der Waals surface area contributed by atoms with Crippen LogP contribution in [0.15, 0.2) is 0 Å². The summed E-state index contributed by atoms with van der Waals surface area (Å²) in [5.74, 6) is 1.56. The zero-order valence-corrected chi connectivity index (χ0v) is 6.34. The molecule has 0 bridgehead atoms. The lowest BCUT2D eigenvalue weighted by atomic mass is 10.4. The molecule has 10 heavy (non-hydrogen) atoms. The van der Waals surface area contributed by atoms with Crippen LogP contribution < -0.4 is 0 Å². The van der Waals surface area contributed by atoms with E-state index in [1.54, 1.807) is 0 Å². The SMILES string of the molecule is O=S1(=O)CC2C(CO)C2C1. The summed E-state index contributed by atoms with van der Waals surface area (Å²) in [5, 5.41) is 8.69. The molecule has 0 radical (unpaired) electrons. The van der Waals surface area contributed by atoms with E-state index in [0.29, 0.717) is 29.3 Å². The van der Waals surface area contributed by atoms with Gasteiger partial charge in [-0.1, -0.05) is 0 Å². The third kappa shape index (κ3) is 0.787. The molecule has 0 spiro atoms. The molecule has 2 unspecified atom stereocenters. The third-order valence-electron chi connectivity index (χ3n) is 2.61. The maximum Gasteiger partial charge on any atom is 0.150 e. The van der Waals surface area contributed by atoms with E-state index in [9.17, 15) is 8.42 Å². The molecule has 2 rings (SSSR count). The number of hydrogen-bond acceptors (Lipinski definition) is 3. The highest BCUT2D eigenvalue weighted by atomic mass is 32.2. The van der Waals surface area contributed by atoms with Crippen molar-refractivity contribution in [1.82, 2.24) is 0 Å². The molecule has 4 heteroatoms. The first kappa shape index (κ1) is 6.61. The molecular formula is C6H10O3S. The molecule has 0 aromatic rings. The van der Waals surface area contributed by atoms with Crippen LogP contribution in [0.3, 0.4) is 0 Å². The molecule has 1 aliphatic carbocycles. The molecule has 0 aromatic carbocycles. The van der Waals surface area contributed by atoms with Gasteiger partial charge in [-0.3, -0.25) is 0 Å². The number of fused-ring (bicyclic) bond motifs is 1. The van der Waals surface area contributed by atoms with Crippen molar-refractivity contribution in [2.24, 2.45) is 17.8 Å². The van der Waals surface area contributed by atoms with Crippen LogP contribution in [0.5, 0.6) is 0 Å². The van der Waals surface area contributed by atoms with Crippen molar-refractivity contribution in [3.05, 3.63) is 0 Å². The van der Waals surface area contributed by atoms with E-state index in [2.05, 4.69) is 0 Å². The van der Waals surface area contributed by atoms with Crippen LogP contribution >= 0.6 is 0 Å². The van der Waals surface area contributed by atoms with Crippen molar-refractivity contribution in [2.45, 2.75) is 0 Å². The first-order chi connectivity index (χ1) is 4.64. The zero-order chi connectivity index (χ0) is 7.35. The summed E-state index contributed by atoms with van der Waals surface area (Å²) in [6, 6.07) is 0. The summed E-state index contributed by atoms with van der Waals surface area (Å²) in [6.07, 6.45) is 0. The number of aliphatic hydroxyl groups excluding tert-OH is 1. The number of sulfone groups is 1. The number of aliphatic hydroxyl groups is 1. The molecule has 0 aromatic heterocycles. The Hall–Kier alpha value is -0.0900. The molecule has 58 valence electrons. The number of rotatable bonds is 1. The van der Waals surface area contributed by atoms with E-state index in [0.717, 1.165) is 0 Å². The summed E-state index contributed by atoms with van der Waals surface area (Å²) in [5.41, 5.74) is 0. The van der Waals surface area contributed by atoms with Gasteiger partial charge in [-0.15, -0.1) is 0 Å². The standard InChI is InChI=1S/C6H10O3S/c7-1-4-5-2-10(8,9)3-6(4)5/h4-7H,1-3H2. The highest BCUT2D eigenvalue weighted by Gasteiger charge is 2.57. The van der Waals surface area contributed by atoms with Crippen molar-refractivity contribution < 1.29 is 13.5 Å². The second-order valence-corrected chi connectivity index (χ2v) is 5.40. The first-order valence-corrected chi connectivity index (χ1v) is 5.27. The van der Waals surface area contributed by atoms with Gasteiger partial charge in [-0.05, 0) is 17.8 Å². The van der Waals surface area contributed by atoms with Crippen LogP contribution in [0, 0.1) is 17.8 Å². The fourth-order valence-electron chi connectivity index (χ4n) is 1.94. The predicted molar refractivity (Wildman–Crippen MR) is 36.2 cm³/mol. The van der Waals surface area contributed by atoms with Crippen molar-refractivity contribution >= 4 is 9.84 Å². The molecule has 2 aliphatic rings. The molecule has 2 fully saturated rings. The van der Waals surface area contributed by atoms with Crippen LogP contribution in [0.4, 0.5) is 0 Å². The average molecular weight is 162 g/mol. The maximum absolute atomic E-state index is 10.9. The second kappa shape index (κ2) is 1.74. The fraction of sp³-hybridized carbons (Fsp3) is 1.00. The van der Waals surface area contributed by atoms with Crippen LogP contribution in [-0.4, -0.2) is 31.6 Å². The Bertz CT molecular complexity index is 226. The third-order valence-corrected chi connectivity index (χ3v) is 4.40. The van der Waals surface area contributed by atoms with Gasteiger partial charge in [0.25, 0.3) is 0 Å². The molecule has 1 saturated heterocycles. The molecule has 1 saturated carbocycles. The van der Waals surface area contributed by atoms with E-state index < -0.39 is 9.84 Å². The Balaban J connectivity index is 2.09. The van der Waals surface area contributed by atoms with Crippen molar-refractivity contribution in [2.75, 3.05) is 18.1 Å². The molecule has 1 aliphatic heterocycles. The summed E-state index contributed by atoms with van der Waals surface area (Å²) in [7, 11) is -2.70. The Kier molecular flexibility index (Phi) is 1.15. The van der Waals surface area contributed by atoms with Crippen LogP contribution in [0.2, 0.25) is 0 Å². The second-order valence-electron chi connectivity index (χ2n) is 3.25. The van der Waals surface area contributed by atoms with Gasteiger partial charge in [-0.2, -0.15) is 0 Å². The lowest BCUT2D eigenvalue weighted by Gasteiger charge is -1.97. The minimum atomic E-state index is -2.70. The van der Waals surface area contributed by atoms with E-state index >= 15 is 0 Å². The van der Waals surface area contributed by atoms with Gasteiger partial charge in [0.2, 0.25) is 0 Å². The topological polar surface area (TPSA) is 54.4 Å². The lowest BCUT2D eigenvalue weighted by Crippen LogP contribution is -2.11. The summed E-state index contributed by atoms with van der Waals surface area (Å²) >= 11 is 0. The van der Waals surface area contributed by atoms with Gasteiger partial charge in [-0.25, -0.2) is 8.42 Å². The summed E-state index contributed by atoms with van der Waals surface area (Å²) < 4.78 is 21.7. The van der Waals surface area contributed by atoms with Gasteiger partial charge < -0.3 is 5.11 Å². The summed E-state index contributed by atoms with van der Waals surface area (Å²) in [4.78, 5) is 0. The van der Waals surface area contributed by atoms with Gasteiger partial charge in [0, 0.05) is 6.61 Å². The Labute approximate surface area is 60.0 Å². The van der Waals surface area contributed by atoms with Gasteiger partial charge in [0.05, 0.1) is 11.5 Å². The van der Waals surface area contributed by atoms with Crippen LogP contribution in [0.1, 0.15) is 0 Å². The largest absolute Gasteiger partial charge is 0.396 e. The fourth-order valence-corrected chi connectivity index (χ4v) is 4.24. The molecular weight excluding hydrogens is 152 g/mol. The summed E-state index contributed by atoms with van der Waals surface area (Å²) in [6.45, 7) is 0.171. The highest BCUT2D eigenvalue weighted by molar-refractivity contribution is 7.91. The Morgan fingerprint density at radius 2 is 1.80 bits per heavy atom. The van der Waals surface area contributed by atoms with E-state index in [1.807, 2.05) is 0 Å². The normalized spacial score (nSPS) is 48.7. The minimum Gasteiger partial charge on any atom is -0.396 e. The maximum atomic E-state index is 10.9. The smallest absolute Gasteiger partial charge is 0.150 e. The predicted octanol–water partition coefficient (Wildman–Crippen LogP) is -0.731. The average Bonchev–Trinajstić information content (AvgIpc) is 2.30. The minimum absolute atomic E-state index is 0.171. The van der Waals surface area contributed by atoms with E-state index in [1.165, 1.54) is 0 Å². The van der Waals surface area contributed by atoms with Crippen LogP contribution in [-0.2, 0) is 9.84 Å². The van der Waals surface area contributed by atoms with E-state index in [4.69, 9.17) is 5.11 Å². The molecule has 3 nitrogen and oxygen atoms in total. The van der Waals surface area contributed by atoms with Crippen molar-refractivity contribution in [3.63, 3.8) is 0 Å². The Morgan fingerprint density at radius 3 is 2.20 bits per heavy atom. The molecule has 0 amide bonds. The molecule has 1 heterocycles. The van der Waals surface area contributed by atoms with Gasteiger partial charge >= 0.3 is 0 Å². The Morgan fingerprint density at radius 1 is 1.30 bits per heavy atom. The van der Waals surface area contributed by atoms with Crippen molar-refractivity contribution in [1.29, 1.82) is 0 Å². The number of hydrogen-bond donors (Lipinski definition) is 1. The highest BCUT2D eigenvalue weighted by Crippen LogP contribution is 2.52. The monoisotopic (exact) mass is 162 g/mol. The van der Waals surface area contributed by atoms with E-state index in [-0.39, 0.29) is 6.61 Å². The quantitative estimate of drug-likeness (QED) is 0.553. The zero-order valence-electron chi connectivity index (χ0n) is 5.53. The lowest BCUT2D eigenvalue weighted by molar-refractivity contribution is 0.265. The van der Waals surface area contributed by atoms with Gasteiger partial charge in [0.15, 0.2) is 9.84 Å². The van der Waals surface area contributed by atoms with Gasteiger partial charge in [0.1, 0.15) is 0 Å². The van der Waals surface area contributed by atoms with Crippen molar-refractivity contribution in [3.8, 4) is 0 Å². The molecule has 1 N–H and O–H groups in total. The molecule has 2 atom stereocenters. The van der Waals surface area contributed by atoms with Crippen LogP contribution in [0.25, 0.3) is 0 Å². The first-order valence-electron chi connectivity index (χ1n) is 3.45.